The van der Waals surface area contributed by atoms with Crippen molar-refractivity contribution in [1.29, 1.82) is 0 Å². The van der Waals surface area contributed by atoms with Crippen molar-refractivity contribution in [2.75, 3.05) is 26.7 Å². The van der Waals surface area contributed by atoms with Crippen LogP contribution in [0.25, 0.3) is 11.3 Å². The van der Waals surface area contributed by atoms with Gasteiger partial charge in [-0.15, -0.1) is 0 Å². The number of nitrogens with two attached hydrogens (primary N) is 1. The van der Waals surface area contributed by atoms with Gasteiger partial charge in [0.15, 0.2) is 5.96 Å². The van der Waals surface area contributed by atoms with Gasteiger partial charge in [-0.2, -0.15) is 0 Å². The standard InChI is InChI=1S/C18H21N5O3/c1-26-13-3-2-8-20-16(13)14-11(6-7-19)4-5-12(24)15(14)17(25)23-18-21-9-10-22-18/h2-5,8,24H,6-7,9-10,19H2,1H3,(H2,21,22,23,25). The molecule has 0 aliphatic carbocycles. The number of phenols is 1. The van der Waals surface area contributed by atoms with Gasteiger partial charge in [0.1, 0.15) is 17.2 Å². The van der Waals surface area contributed by atoms with Gasteiger partial charge in [0, 0.05) is 18.3 Å². The number of methoxy groups -OCH3 is 1. The summed E-state index contributed by atoms with van der Waals surface area (Å²) in [5, 5.41) is 16.1. The first-order valence-corrected chi connectivity index (χ1v) is 8.29. The minimum atomic E-state index is -0.475. The third-order valence-corrected chi connectivity index (χ3v) is 4.04. The Hall–Kier alpha value is -3.13. The lowest BCUT2D eigenvalue weighted by molar-refractivity contribution is 0.0974. The summed E-state index contributed by atoms with van der Waals surface area (Å²) >= 11 is 0. The predicted molar refractivity (Wildman–Crippen MR) is 98.4 cm³/mol. The molecular weight excluding hydrogens is 334 g/mol. The van der Waals surface area contributed by atoms with Crippen molar-refractivity contribution in [3.63, 3.8) is 0 Å². The maximum Gasteiger partial charge on any atom is 0.262 e. The number of carbonyl (C=O) groups excluding carboxylic acids is 1. The molecule has 136 valence electrons. The van der Waals surface area contributed by atoms with E-state index in [0.29, 0.717) is 49.0 Å². The van der Waals surface area contributed by atoms with Gasteiger partial charge in [-0.25, -0.2) is 0 Å². The van der Waals surface area contributed by atoms with E-state index in [1.807, 2.05) is 0 Å². The molecule has 0 saturated carbocycles. The number of carbonyl (C=O) groups is 1. The number of ether oxygens (including phenoxy) is 1. The number of pyridine rings is 1. The summed E-state index contributed by atoms with van der Waals surface area (Å²) in [6, 6.07) is 6.73. The highest BCUT2D eigenvalue weighted by Gasteiger charge is 2.25. The lowest BCUT2D eigenvalue weighted by atomic mass is 9.93. The van der Waals surface area contributed by atoms with Gasteiger partial charge in [0.2, 0.25) is 0 Å². The zero-order valence-electron chi connectivity index (χ0n) is 14.5. The number of hydrogen-bond donors (Lipinski definition) is 4. The number of rotatable bonds is 5. The van der Waals surface area contributed by atoms with Crippen molar-refractivity contribution in [2.45, 2.75) is 6.42 Å². The van der Waals surface area contributed by atoms with Crippen LogP contribution in [-0.4, -0.2) is 48.7 Å². The minimum Gasteiger partial charge on any atom is -0.507 e. The number of aliphatic imine (C=N–C) groups is 1. The molecule has 0 saturated heterocycles. The Bertz CT molecular complexity index is 851. The molecule has 1 aliphatic rings. The summed E-state index contributed by atoms with van der Waals surface area (Å²) in [6.45, 7) is 1.65. The summed E-state index contributed by atoms with van der Waals surface area (Å²) < 4.78 is 5.40. The van der Waals surface area contributed by atoms with Crippen LogP contribution in [0, 0.1) is 0 Å². The maximum atomic E-state index is 12.9. The fourth-order valence-electron chi connectivity index (χ4n) is 2.89. The van der Waals surface area contributed by atoms with Crippen LogP contribution in [0.1, 0.15) is 15.9 Å². The molecule has 8 nitrogen and oxygen atoms in total. The Kier molecular flexibility index (Phi) is 5.33. The summed E-state index contributed by atoms with van der Waals surface area (Å²) in [5.41, 5.74) is 7.62. The van der Waals surface area contributed by atoms with Crippen LogP contribution in [0.5, 0.6) is 11.5 Å². The van der Waals surface area contributed by atoms with Gasteiger partial charge < -0.3 is 20.9 Å². The second-order valence-electron chi connectivity index (χ2n) is 5.70. The van der Waals surface area contributed by atoms with Crippen LogP contribution >= 0.6 is 0 Å². The van der Waals surface area contributed by atoms with Crippen LogP contribution in [-0.2, 0) is 6.42 Å². The van der Waals surface area contributed by atoms with E-state index in [1.54, 1.807) is 24.4 Å². The van der Waals surface area contributed by atoms with Crippen LogP contribution in [0.4, 0.5) is 0 Å². The van der Waals surface area contributed by atoms with Crippen molar-refractivity contribution < 1.29 is 14.6 Å². The lowest BCUT2D eigenvalue weighted by Crippen LogP contribution is -2.38. The number of nitrogens with zero attached hydrogens (tertiary/aromatic N) is 2. The first-order valence-electron chi connectivity index (χ1n) is 8.29. The monoisotopic (exact) mass is 355 g/mol. The number of hydrogen-bond acceptors (Lipinski definition) is 7. The molecular formula is C18H21N5O3. The van der Waals surface area contributed by atoms with Gasteiger partial charge in [-0.05, 0) is 36.7 Å². The normalized spacial score (nSPS) is 13.1. The van der Waals surface area contributed by atoms with Crippen molar-refractivity contribution >= 4 is 11.9 Å². The smallest absolute Gasteiger partial charge is 0.262 e. The van der Waals surface area contributed by atoms with Gasteiger partial charge in [-0.3, -0.25) is 20.1 Å². The van der Waals surface area contributed by atoms with Crippen molar-refractivity contribution in [3.05, 3.63) is 41.6 Å². The van der Waals surface area contributed by atoms with E-state index >= 15 is 0 Å². The Morgan fingerprint density at radius 3 is 2.96 bits per heavy atom. The van der Waals surface area contributed by atoms with Gasteiger partial charge in [-0.1, -0.05) is 6.07 Å². The summed E-state index contributed by atoms with van der Waals surface area (Å²) in [4.78, 5) is 21.4. The first kappa shape index (κ1) is 17.7. The Balaban J connectivity index is 2.16. The average molecular weight is 355 g/mol. The third kappa shape index (κ3) is 3.45. The first-order chi connectivity index (χ1) is 12.7. The SMILES string of the molecule is COc1cccnc1-c1c(CCN)ccc(O)c1C(=O)NC1=NCCN1. The highest BCUT2D eigenvalue weighted by atomic mass is 16.5. The molecule has 1 amide bonds. The molecule has 8 heteroatoms. The Morgan fingerprint density at radius 2 is 2.27 bits per heavy atom. The molecule has 1 aliphatic heterocycles. The van der Waals surface area contributed by atoms with Crippen molar-refractivity contribution in [2.24, 2.45) is 10.7 Å². The second-order valence-corrected chi connectivity index (χ2v) is 5.70. The summed E-state index contributed by atoms with van der Waals surface area (Å²) in [5.74, 6) is 0.265. The molecule has 0 bridgehead atoms. The van der Waals surface area contributed by atoms with E-state index in [2.05, 4.69) is 20.6 Å². The molecule has 1 aromatic heterocycles. The number of guanidine groups is 1. The molecule has 0 unspecified atom stereocenters. The number of nitrogens with one attached hydrogen (secondary N) is 2. The van der Waals surface area contributed by atoms with E-state index in [1.165, 1.54) is 13.2 Å². The fourth-order valence-corrected chi connectivity index (χ4v) is 2.89. The van der Waals surface area contributed by atoms with E-state index in [9.17, 15) is 9.90 Å². The molecule has 3 rings (SSSR count). The molecule has 1 aromatic carbocycles. The van der Waals surface area contributed by atoms with Crippen LogP contribution < -0.4 is 21.1 Å². The number of benzene rings is 1. The molecule has 0 spiro atoms. The number of amides is 1. The molecule has 26 heavy (non-hydrogen) atoms. The number of aromatic nitrogens is 1. The van der Waals surface area contributed by atoms with Crippen LogP contribution in [0.3, 0.4) is 0 Å². The molecule has 2 aromatic rings. The van der Waals surface area contributed by atoms with Crippen molar-refractivity contribution in [3.8, 4) is 22.8 Å². The number of phenolic OH excluding ortho intramolecular Hbond substituents is 1. The zero-order chi connectivity index (χ0) is 18.5. The molecule has 0 fully saturated rings. The highest BCUT2D eigenvalue weighted by Crippen LogP contribution is 2.37. The summed E-state index contributed by atoms with van der Waals surface area (Å²) in [6.07, 6.45) is 2.13. The predicted octanol–water partition coefficient (Wildman–Crippen LogP) is 0.653. The van der Waals surface area contributed by atoms with Crippen molar-refractivity contribution in [1.82, 2.24) is 15.6 Å². The van der Waals surface area contributed by atoms with Crippen LogP contribution in [0.2, 0.25) is 0 Å². The Labute approximate surface area is 151 Å². The number of aromatic hydroxyl groups is 1. The molecule has 2 heterocycles. The van der Waals surface area contributed by atoms with Gasteiger partial charge in [0.25, 0.3) is 5.91 Å². The van der Waals surface area contributed by atoms with Crippen LogP contribution in [0.15, 0.2) is 35.5 Å². The molecule has 5 N–H and O–H groups in total. The quantitative estimate of drug-likeness (QED) is 0.625. The Morgan fingerprint density at radius 1 is 1.42 bits per heavy atom. The van der Waals surface area contributed by atoms with E-state index in [0.717, 1.165) is 5.56 Å². The summed E-state index contributed by atoms with van der Waals surface area (Å²) in [7, 11) is 1.53. The zero-order valence-corrected chi connectivity index (χ0v) is 14.5. The topological polar surface area (TPSA) is 122 Å². The third-order valence-electron chi connectivity index (χ3n) is 4.04. The fraction of sp³-hybridized carbons (Fsp3) is 0.278. The molecule has 0 atom stereocenters. The molecule has 0 radical (unpaired) electrons. The minimum absolute atomic E-state index is 0.115. The lowest BCUT2D eigenvalue weighted by Gasteiger charge is -2.17. The average Bonchev–Trinajstić information content (AvgIpc) is 3.16. The van der Waals surface area contributed by atoms with E-state index < -0.39 is 5.91 Å². The maximum absolute atomic E-state index is 12.9. The van der Waals surface area contributed by atoms with Gasteiger partial charge >= 0.3 is 0 Å². The van der Waals surface area contributed by atoms with E-state index in [4.69, 9.17) is 10.5 Å². The van der Waals surface area contributed by atoms with Gasteiger partial charge in [0.05, 0.1) is 19.2 Å². The highest BCUT2D eigenvalue weighted by molar-refractivity contribution is 6.11. The largest absolute Gasteiger partial charge is 0.507 e. The second kappa shape index (κ2) is 7.83. The van der Waals surface area contributed by atoms with E-state index in [-0.39, 0.29) is 11.3 Å².